The normalized spacial score (nSPS) is 13.9. The largest absolute Gasteiger partial charge is 0.326 e. The Labute approximate surface area is 133 Å². The maximum atomic E-state index is 6.40. The Morgan fingerprint density at radius 2 is 1.57 bits per heavy atom. The van der Waals surface area contributed by atoms with Gasteiger partial charge in [-0.25, -0.2) is 0 Å². The van der Waals surface area contributed by atoms with E-state index in [0.29, 0.717) is 5.25 Å². The second-order valence-electron chi connectivity index (χ2n) is 5.59. The van der Waals surface area contributed by atoms with Gasteiger partial charge in [-0.05, 0) is 42.5 Å². The summed E-state index contributed by atoms with van der Waals surface area (Å²) in [6.07, 6.45) is 1.000. The molecule has 0 saturated carbocycles. The fraction of sp³-hybridized carbons (Fsp3) is 0.368. The van der Waals surface area contributed by atoms with E-state index in [2.05, 4.69) is 69.3 Å². The molecule has 1 nitrogen and oxygen atoms in total. The summed E-state index contributed by atoms with van der Waals surface area (Å²) in [5.74, 6) is 1.01. The molecule has 0 radical (unpaired) electrons. The first-order valence-corrected chi connectivity index (χ1v) is 8.65. The van der Waals surface area contributed by atoms with Crippen LogP contribution in [0.15, 0.2) is 48.5 Å². The number of aryl methyl sites for hydroxylation is 2. The molecule has 0 fully saturated rings. The highest BCUT2D eigenvalue weighted by molar-refractivity contribution is 7.98. The molecular formula is C19H25NS. The Morgan fingerprint density at radius 3 is 2.19 bits per heavy atom. The monoisotopic (exact) mass is 299 g/mol. The average Bonchev–Trinajstić information content (AvgIpc) is 2.50. The molecule has 2 rings (SSSR count). The zero-order valence-corrected chi connectivity index (χ0v) is 14.0. The Kier molecular flexibility index (Phi) is 5.89. The van der Waals surface area contributed by atoms with Gasteiger partial charge >= 0.3 is 0 Å². The first kappa shape index (κ1) is 16.1. The minimum Gasteiger partial charge on any atom is -0.326 e. The van der Waals surface area contributed by atoms with Gasteiger partial charge in [-0.1, -0.05) is 55.5 Å². The van der Waals surface area contributed by atoms with Gasteiger partial charge in [0.15, 0.2) is 0 Å². The van der Waals surface area contributed by atoms with Crippen molar-refractivity contribution in [3.63, 3.8) is 0 Å². The molecule has 2 unspecified atom stereocenters. The molecule has 0 saturated heterocycles. The zero-order chi connectivity index (χ0) is 15.2. The van der Waals surface area contributed by atoms with Crippen LogP contribution in [0.3, 0.4) is 0 Å². The zero-order valence-electron chi connectivity index (χ0n) is 13.2. The van der Waals surface area contributed by atoms with E-state index >= 15 is 0 Å². The van der Waals surface area contributed by atoms with Crippen LogP contribution in [-0.4, -0.2) is 6.04 Å². The first-order valence-electron chi connectivity index (χ1n) is 7.60. The van der Waals surface area contributed by atoms with Gasteiger partial charge in [-0.3, -0.25) is 0 Å². The van der Waals surface area contributed by atoms with Crippen LogP contribution >= 0.6 is 11.8 Å². The SMILES string of the molecule is CCC(N)C(SCc1ccccc1C)c1ccccc1C. The topological polar surface area (TPSA) is 26.0 Å². The lowest BCUT2D eigenvalue weighted by Crippen LogP contribution is -2.26. The lowest BCUT2D eigenvalue weighted by atomic mass is 10.00. The lowest BCUT2D eigenvalue weighted by Gasteiger charge is -2.25. The van der Waals surface area contributed by atoms with E-state index in [1.54, 1.807) is 0 Å². The molecule has 0 spiro atoms. The van der Waals surface area contributed by atoms with Crippen molar-refractivity contribution < 1.29 is 0 Å². The predicted octanol–water partition coefficient (Wildman–Crippen LogP) is 5.02. The number of rotatable bonds is 6. The van der Waals surface area contributed by atoms with E-state index in [0.717, 1.165) is 12.2 Å². The maximum absolute atomic E-state index is 6.40. The number of hydrogen-bond acceptors (Lipinski definition) is 2. The quantitative estimate of drug-likeness (QED) is 0.811. The molecule has 0 aliphatic heterocycles. The van der Waals surface area contributed by atoms with E-state index in [1.165, 1.54) is 22.3 Å². The van der Waals surface area contributed by atoms with Crippen molar-refractivity contribution in [2.75, 3.05) is 0 Å². The second-order valence-corrected chi connectivity index (χ2v) is 6.72. The van der Waals surface area contributed by atoms with E-state index in [4.69, 9.17) is 5.73 Å². The third-order valence-corrected chi connectivity index (χ3v) is 5.48. The Hall–Kier alpha value is -1.25. The van der Waals surface area contributed by atoms with Crippen molar-refractivity contribution in [1.82, 2.24) is 0 Å². The molecule has 2 heteroatoms. The molecule has 0 aliphatic rings. The minimum atomic E-state index is 0.195. The molecule has 0 heterocycles. The van der Waals surface area contributed by atoms with Crippen LogP contribution in [0, 0.1) is 13.8 Å². The fourth-order valence-electron chi connectivity index (χ4n) is 2.52. The number of hydrogen-bond donors (Lipinski definition) is 1. The van der Waals surface area contributed by atoms with Gasteiger partial charge in [0, 0.05) is 17.0 Å². The van der Waals surface area contributed by atoms with Crippen molar-refractivity contribution in [2.45, 2.75) is 44.2 Å². The van der Waals surface area contributed by atoms with E-state index in [9.17, 15) is 0 Å². The molecule has 0 bridgehead atoms. The summed E-state index contributed by atoms with van der Waals surface area (Å²) in [5, 5.41) is 0.357. The smallest absolute Gasteiger partial charge is 0.0454 e. The number of thioether (sulfide) groups is 1. The van der Waals surface area contributed by atoms with Crippen molar-refractivity contribution in [3.05, 3.63) is 70.8 Å². The highest BCUT2D eigenvalue weighted by Crippen LogP contribution is 2.36. The van der Waals surface area contributed by atoms with Crippen molar-refractivity contribution >= 4 is 11.8 Å². The maximum Gasteiger partial charge on any atom is 0.0454 e. The lowest BCUT2D eigenvalue weighted by molar-refractivity contribution is 0.632. The van der Waals surface area contributed by atoms with Gasteiger partial charge < -0.3 is 5.73 Å². The van der Waals surface area contributed by atoms with Crippen LogP contribution in [0.1, 0.15) is 40.8 Å². The van der Waals surface area contributed by atoms with Crippen LogP contribution in [0.2, 0.25) is 0 Å². The molecule has 21 heavy (non-hydrogen) atoms. The van der Waals surface area contributed by atoms with Gasteiger partial charge in [0.25, 0.3) is 0 Å². The third kappa shape index (κ3) is 4.12. The summed E-state index contributed by atoms with van der Waals surface area (Å²) >= 11 is 1.96. The van der Waals surface area contributed by atoms with E-state index in [-0.39, 0.29) is 6.04 Å². The van der Waals surface area contributed by atoms with Gasteiger partial charge in [0.05, 0.1) is 0 Å². The standard InChI is InChI=1S/C19H25NS/c1-4-18(20)19(17-12-8-6-10-15(17)3)21-13-16-11-7-5-9-14(16)2/h5-12,18-19H,4,13,20H2,1-3H3. The van der Waals surface area contributed by atoms with Crippen molar-refractivity contribution in [3.8, 4) is 0 Å². The van der Waals surface area contributed by atoms with Crippen molar-refractivity contribution in [1.29, 1.82) is 0 Å². The van der Waals surface area contributed by atoms with Crippen LogP contribution in [0.4, 0.5) is 0 Å². The Balaban J connectivity index is 2.18. The number of nitrogens with two attached hydrogens (primary N) is 1. The molecule has 112 valence electrons. The molecule has 0 aromatic heterocycles. The molecule has 2 aromatic rings. The minimum absolute atomic E-state index is 0.195. The van der Waals surface area contributed by atoms with Crippen LogP contribution in [-0.2, 0) is 5.75 Å². The van der Waals surface area contributed by atoms with Crippen LogP contribution < -0.4 is 5.73 Å². The van der Waals surface area contributed by atoms with Gasteiger partial charge in [-0.15, -0.1) is 11.8 Å². The van der Waals surface area contributed by atoms with E-state index < -0.39 is 0 Å². The molecular weight excluding hydrogens is 274 g/mol. The highest BCUT2D eigenvalue weighted by atomic mass is 32.2. The van der Waals surface area contributed by atoms with Crippen LogP contribution in [0.25, 0.3) is 0 Å². The molecule has 2 aromatic carbocycles. The summed E-state index contributed by atoms with van der Waals surface area (Å²) in [4.78, 5) is 0. The molecule has 0 amide bonds. The van der Waals surface area contributed by atoms with Crippen molar-refractivity contribution in [2.24, 2.45) is 5.73 Å². The summed E-state index contributed by atoms with van der Waals surface area (Å²) in [6.45, 7) is 6.53. The van der Waals surface area contributed by atoms with E-state index in [1.807, 2.05) is 11.8 Å². The third-order valence-electron chi connectivity index (χ3n) is 4.03. The molecule has 2 atom stereocenters. The first-order chi connectivity index (χ1) is 10.1. The number of benzene rings is 2. The highest BCUT2D eigenvalue weighted by Gasteiger charge is 2.20. The van der Waals surface area contributed by atoms with Gasteiger partial charge in [0.1, 0.15) is 0 Å². The summed E-state index contributed by atoms with van der Waals surface area (Å²) in [7, 11) is 0. The second kappa shape index (κ2) is 7.67. The fourth-order valence-corrected chi connectivity index (χ4v) is 4.08. The Morgan fingerprint density at radius 1 is 0.952 bits per heavy atom. The Bertz CT molecular complexity index is 579. The van der Waals surface area contributed by atoms with Gasteiger partial charge in [-0.2, -0.15) is 0 Å². The predicted molar refractivity (Wildman–Crippen MR) is 94.7 cm³/mol. The molecule has 2 N–H and O–H groups in total. The summed E-state index contributed by atoms with van der Waals surface area (Å²) in [5.41, 5.74) is 11.9. The van der Waals surface area contributed by atoms with Crippen LogP contribution in [0.5, 0.6) is 0 Å². The average molecular weight is 299 g/mol. The molecule has 0 aliphatic carbocycles. The summed E-state index contributed by atoms with van der Waals surface area (Å²) in [6, 6.07) is 17.4. The summed E-state index contributed by atoms with van der Waals surface area (Å²) < 4.78 is 0. The van der Waals surface area contributed by atoms with Gasteiger partial charge in [0.2, 0.25) is 0 Å².